The van der Waals surface area contributed by atoms with Gasteiger partial charge in [0.15, 0.2) is 0 Å². The summed E-state index contributed by atoms with van der Waals surface area (Å²) in [5.41, 5.74) is 0.0473. The summed E-state index contributed by atoms with van der Waals surface area (Å²) in [7, 11) is 3.01. The Morgan fingerprint density at radius 3 is 2.03 bits per heavy atom. The van der Waals surface area contributed by atoms with Crippen LogP contribution in [0.3, 0.4) is 0 Å². The van der Waals surface area contributed by atoms with Crippen LogP contribution in [0, 0.1) is 5.41 Å². The van der Waals surface area contributed by atoms with Crippen LogP contribution < -0.4 is 25.4 Å². The maximum Gasteiger partial charge on any atom is 0.239 e. The van der Waals surface area contributed by atoms with Crippen molar-refractivity contribution in [2.75, 3.05) is 30.2 Å². The Kier molecular flexibility index (Phi) is 6.82. The molecule has 3 N–H and O–H groups in total. The highest BCUT2D eigenvalue weighted by Gasteiger charge is 2.36. The van der Waals surface area contributed by atoms with Gasteiger partial charge >= 0.3 is 0 Å². The van der Waals surface area contributed by atoms with Gasteiger partial charge in [0.25, 0.3) is 0 Å². The van der Waals surface area contributed by atoms with Crippen molar-refractivity contribution in [1.29, 1.82) is 0 Å². The summed E-state index contributed by atoms with van der Waals surface area (Å²) in [5, 5.41) is 8.07. The second-order valence-electron chi connectivity index (χ2n) is 6.86. The van der Waals surface area contributed by atoms with E-state index >= 15 is 0 Å². The highest BCUT2D eigenvalue weighted by Crippen LogP contribution is 2.31. The van der Waals surface area contributed by atoms with Crippen LogP contribution in [0.2, 0.25) is 0 Å². The van der Waals surface area contributed by atoms with Gasteiger partial charge in [-0.15, -0.1) is 0 Å². The van der Waals surface area contributed by atoms with E-state index in [1.807, 2.05) is 0 Å². The van der Waals surface area contributed by atoms with Crippen LogP contribution in [0.4, 0.5) is 17.1 Å². The maximum atomic E-state index is 12.8. The predicted octanol–water partition coefficient (Wildman–Crippen LogP) is 3.27. The van der Waals surface area contributed by atoms with E-state index in [1.165, 1.54) is 35.0 Å². The standard InChI is InChI=1S/C21H25N3O5/c1-13(25)22-14-7-6-8-15(11-14)23-19(26)21(2,3)20(27)24-17-10-9-16(28-4)12-18(17)29-5/h6-12H,1-5H3,(H,22,25)(H,23,26)(H,24,27). The van der Waals surface area contributed by atoms with Crippen LogP contribution in [0.5, 0.6) is 11.5 Å². The van der Waals surface area contributed by atoms with E-state index in [0.29, 0.717) is 28.6 Å². The van der Waals surface area contributed by atoms with Gasteiger partial charge in [-0.1, -0.05) is 6.07 Å². The van der Waals surface area contributed by atoms with Gasteiger partial charge in [0, 0.05) is 24.4 Å². The molecule has 0 aromatic heterocycles. The number of hydrogen-bond donors (Lipinski definition) is 3. The molecule has 0 fully saturated rings. The van der Waals surface area contributed by atoms with Crippen molar-refractivity contribution >= 4 is 34.8 Å². The van der Waals surface area contributed by atoms with Gasteiger partial charge in [-0.25, -0.2) is 0 Å². The van der Waals surface area contributed by atoms with Crippen molar-refractivity contribution in [1.82, 2.24) is 0 Å². The summed E-state index contributed by atoms with van der Waals surface area (Å²) < 4.78 is 10.4. The van der Waals surface area contributed by atoms with E-state index in [9.17, 15) is 14.4 Å². The average molecular weight is 399 g/mol. The van der Waals surface area contributed by atoms with Gasteiger partial charge in [0.1, 0.15) is 16.9 Å². The summed E-state index contributed by atoms with van der Waals surface area (Å²) in [6, 6.07) is 11.6. The zero-order valence-electron chi connectivity index (χ0n) is 17.1. The van der Waals surface area contributed by atoms with Crippen molar-refractivity contribution in [3.63, 3.8) is 0 Å². The number of carbonyl (C=O) groups excluding carboxylic acids is 3. The van der Waals surface area contributed by atoms with Gasteiger partial charge in [0.2, 0.25) is 17.7 Å². The van der Waals surface area contributed by atoms with Gasteiger partial charge < -0.3 is 25.4 Å². The molecule has 154 valence electrons. The largest absolute Gasteiger partial charge is 0.497 e. The third-order valence-electron chi connectivity index (χ3n) is 4.23. The normalized spacial score (nSPS) is 10.7. The molecule has 0 atom stereocenters. The lowest BCUT2D eigenvalue weighted by atomic mass is 9.90. The molecular weight excluding hydrogens is 374 g/mol. The number of anilines is 3. The first-order valence-corrected chi connectivity index (χ1v) is 8.90. The zero-order chi connectivity index (χ0) is 21.6. The van der Waals surface area contributed by atoms with Crippen LogP contribution in [0.15, 0.2) is 42.5 Å². The molecule has 2 aromatic carbocycles. The molecule has 0 unspecified atom stereocenters. The van der Waals surface area contributed by atoms with E-state index in [0.717, 1.165) is 0 Å². The predicted molar refractivity (Wildman–Crippen MR) is 111 cm³/mol. The number of nitrogens with one attached hydrogen (secondary N) is 3. The summed E-state index contributed by atoms with van der Waals surface area (Å²) in [6.07, 6.45) is 0. The fraction of sp³-hybridized carbons (Fsp3) is 0.286. The second kappa shape index (κ2) is 9.09. The molecule has 0 aliphatic rings. The van der Waals surface area contributed by atoms with Crippen molar-refractivity contribution in [2.45, 2.75) is 20.8 Å². The van der Waals surface area contributed by atoms with E-state index < -0.39 is 17.2 Å². The third-order valence-corrected chi connectivity index (χ3v) is 4.23. The van der Waals surface area contributed by atoms with E-state index in [-0.39, 0.29) is 5.91 Å². The molecule has 0 aliphatic heterocycles. The first-order chi connectivity index (χ1) is 13.7. The van der Waals surface area contributed by atoms with Crippen molar-refractivity contribution < 1.29 is 23.9 Å². The van der Waals surface area contributed by atoms with Crippen molar-refractivity contribution in [3.05, 3.63) is 42.5 Å². The zero-order valence-corrected chi connectivity index (χ0v) is 17.1. The topological polar surface area (TPSA) is 106 Å². The van der Waals surface area contributed by atoms with Crippen LogP contribution in [-0.4, -0.2) is 31.9 Å². The van der Waals surface area contributed by atoms with E-state index in [1.54, 1.807) is 42.5 Å². The number of ether oxygens (including phenoxy) is 2. The molecular formula is C21H25N3O5. The molecule has 0 heterocycles. The Balaban J connectivity index is 2.14. The van der Waals surface area contributed by atoms with Crippen LogP contribution >= 0.6 is 0 Å². The van der Waals surface area contributed by atoms with Crippen LogP contribution in [0.1, 0.15) is 20.8 Å². The molecule has 3 amide bonds. The molecule has 0 bridgehead atoms. The molecule has 29 heavy (non-hydrogen) atoms. The molecule has 0 spiro atoms. The summed E-state index contributed by atoms with van der Waals surface area (Å²) >= 11 is 0. The monoisotopic (exact) mass is 399 g/mol. The molecule has 0 radical (unpaired) electrons. The number of hydrogen-bond acceptors (Lipinski definition) is 5. The minimum absolute atomic E-state index is 0.221. The molecule has 8 heteroatoms. The molecule has 0 saturated carbocycles. The number of carbonyl (C=O) groups is 3. The Bertz CT molecular complexity index is 924. The molecule has 2 rings (SSSR count). The Morgan fingerprint density at radius 1 is 0.828 bits per heavy atom. The fourth-order valence-corrected chi connectivity index (χ4v) is 2.45. The van der Waals surface area contributed by atoms with Crippen LogP contribution in [-0.2, 0) is 14.4 Å². The second-order valence-corrected chi connectivity index (χ2v) is 6.86. The van der Waals surface area contributed by atoms with Crippen LogP contribution in [0.25, 0.3) is 0 Å². The van der Waals surface area contributed by atoms with Gasteiger partial charge in [0.05, 0.1) is 19.9 Å². The highest BCUT2D eigenvalue weighted by atomic mass is 16.5. The molecule has 2 aromatic rings. The number of methoxy groups -OCH3 is 2. The van der Waals surface area contributed by atoms with E-state index in [4.69, 9.17) is 9.47 Å². The Hall–Kier alpha value is -3.55. The smallest absolute Gasteiger partial charge is 0.239 e. The number of amides is 3. The minimum atomic E-state index is -1.38. The first-order valence-electron chi connectivity index (χ1n) is 8.90. The average Bonchev–Trinajstić information content (AvgIpc) is 2.67. The van der Waals surface area contributed by atoms with Gasteiger partial charge in [-0.05, 0) is 44.2 Å². The van der Waals surface area contributed by atoms with Crippen molar-refractivity contribution in [2.24, 2.45) is 5.41 Å². The molecule has 0 saturated heterocycles. The van der Waals surface area contributed by atoms with Gasteiger partial charge in [-0.2, -0.15) is 0 Å². The molecule has 0 aliphatic carbocycles. The Morgan fingerprint density at radius 2 is 1.45 bits per heavy atom. The fourth-order valence-electron chi connectivity index (χ4n) is 2.45. The summed E-state index contributed by atoms with van der Waals surface area (Å²) in [4.78, 5) is 36.7. The van der Waals surface area contributed by atoms with Crippen molar-refractivity contribution in [3.8, 4) is 11.5 Å². The summed E-state index contributed by atoms with van der Waals surface area (Å²) in [6.45, 7) is 4.43. The first kappa shape index (κ1) is 21.7. The lowest BCUT2D eigenvalue weighted by Crippen LogP contribution is -2.41. The quantitative estimate of drug-likeness (QED) is 0.620. The van der Waals surface area contributed by atoms with Gasteiger partial charge in [-0.3, -0.25) is 14.4 Å². The lowest BCUT2D eigenvalue weighted by Gasteiger charge is -2.23. The maximum absolute atomic E-state index is 12.8. The third kappa shape index (κ3) is 5.47. The minimum Gasteiger partial charge on any atom is -0.497 e. The Labute approximate surface area is 169 Å². The summed E-state index contributed by atoms with van der Waals surface area (Å²) in [5.74, 6) is -0.228. The highest BCUT2D eigenvalue weighted by molar-refractivity contribution is 6.14. The SMILES string of the molecule is COc1ccc(NC(=O)C(C)(C)C(=O)Nc2cccc(NC(C)=O)c2)c(OC)c1. The number of benzene rings is 2. The van der Waals surface area contributed by atoms with E-state index in [2.05, 4.69) is 16.0 Å². The lowest BCUT2D eigenvalue weighted by molar-refractivity contribution is -0.135. The molecule has 8 nitrogen and oxygen atoms in total. The number of rotatable bonds is 7.